The lowest BCUT2D eigenvalue weighted by Crippen LogP contribution is -2.39. The van der Waals surface area contributed by atoms with Crippen molar-refractivity contribution in [3.63, 3.8) is 0 Å². The molecule has 0 aromatic carbocycles. The Balaban J connectivity index is 2.19. The van der Waals surface area contributed by atoms with Crippen LogP contribution in [0.1, 0.15) is 12.8 Å². The summed E-state index contributed by atoms with van der Waals surface area (Å²) in [5, 5.41) is 3.23. The van der Waals surface area contributed by atoms with Gasteiger partial charge in [-0.05, 0) is 12.8 Å². The Morgan fingerprint density at radius 2 is 1.93 bits per heavy atom. The van der Waals surface area contributed by atoms with Crippen LogP contribution in [0.5, 0.6) is 0 Å². The van der Waals surface area contributed by atoms with Crippen LogP contribution in [-0.2, 0) is 20.6 Å². The van der Waals surface area contributed by atoms with Crippen LogP contribution in [-0.4, -0.2) is 48.7 Å². The highest BCUT2D eigenvalue weighted by Gasteiger charge is 2.22. The lowest BCUT2D eigenvalue weighted by Gasteiger charge is -2.22. The van der Waals surface area contributed by atoms with Crippen molar-refractivity contribution in [2.75, 3.05) is 30.1 Å². The highest BCUT2D eigenvalue weighted by Crippen LogP contribution is 2.11. The number of hydrogen-bond donors (Lipinski definition) is 1. The van der Waals surface area contributed by atoms with E-state index in [1.165, 1.54) is 0 Å². The SMILES string of the molecule is CS(=O)CCNC1CCS(=O)(=O)CC1. The predicted molar refractivity (Wildman–Crippen MR) is 58.6 cm³/mol. The van der Waals surface area contributed by atoms with Crippen molar-refractivity contribution in [2.24, 2.45) is 0 Å². The first kappa shape index (κ1) is 12.1. The Kier molecular flexibility index (Phi) is 4.53. The van der Waals surface area contributed by atoms with E-state index in [9.17, 15) is 12.6 Å². The van der Waals surface area contributed by atoms with Gasteiger partial charge in [-0.2, -0.15) is 0 Å². The molecule has 1 rings (SSSR count). The average Bonchev–Trinajstić information content (AvgIpc) is 2.07. The first-order valence-corrected chi connectivity index (χ1v) is 8.28. The summed E-state index contributed by atoms with van der Waals surface area (Å²) in [5.74, 6) is 1.23. The lowest BCUT2D eigenvalue weighted by molar-refractivity contribution is 0.475. The van der Waals surface area contributed by atoms with Gasteiger partial charge < -0.3 is 5.32 Å². The van der Waals surface area contributed by atoms with E-state index in [0.29, 0.717) is 42.7 Å². The Hall–Kier alpha value is 0.0600. The maximum absolute atomic E-state index is 11.1. The second-order valence-corrected chi connectivity index (χ2v) is 7.52. The maximum atomic E-state index is 11.1. The maximum Gasteiger partial charge on any atom is 0.150 e. The van der Waals surface area contributed by atoms with Gasteiger partial charge in [-0.15, -0.1) is 0 Å². The zero-order chi connectivity index (χ0) is 10.6. The van der Waals surface area contributed by atoms with Gasteiger partial charge in [0.25, 0.3) is 0 Å². The molecule has 1 N–H and O–H groups in total. The molecule has 0 bridgehead atoms. The van der Waals surface area contributed by atoms with Gasteiger partial charge in [0.1, 0.15) is 9.84 Å². The second kappa shape index (κ2) is 5.23. The summed E-state index contributed by atoms with van der Waals surface area (Å²) in [5.41, 5.74) is 0. The number of sulfone groups is 1. The minimum atomic E-state index is -2.76. The Morgan fingerprint density at radius 1 is 1.36 bits per heavy atom. The van der Waals surface area contributed by atoms with Crippen molar-refractivity contribution in [1.29, 1.82) is 0 Å². The van der Waals surface area contributed by atoms with Crippen LogP contribution in [0.4, 0.5) is 0 Å². The van der Waals surface area contributed by atoms with Crippen LogP contribution in [0.15, 0.2) is 0 Å². The van der Waals surface area contributed by atoms with Crippen molar-refractivity contribution in [3.8, 4) is 0 Å². The van der Waals surface area contributed by atoms with Gasteiger partial charge in [-0.25, -0.2) is 8.42 Å². The van der Waals surface area contributed by atoms with E-state index < -0.39 is 20.6 Å². The van der Waals surface area contributed by atoms with Gasteiger partial charge in [0.2, 0.25) is 0 Å². The van der Waals surface area contributed by atoms with Gasteiger partial charge in [0.15, 0.2) is 0 Å². The molecule has 1 heterocycles. The number of hydrogen-bond acceptors (Lipinski definition) is 4. The molecule has 0 radical (unpaired) electrons. The van der Waals surface area contributed by atoms with E-state index in [1.54, 1.807) is 6.26 Å². The van der Waals surface area contributed by atoms with Gasteiger partial charge >= 0.3 is 0 Å². The summed E-state index contributed by atoms with van der Waals surface area (Å²) in [7, 11) is -3.52. The van der Waals surface area contributed by atoms with Crippen molar-refractivity contribution >= 4 is 20.6 Å². The second-order valence-electron chi connectivity index (χ2n) is 3.66. The van der Waals surface area contributed by atoms with Crippen LogP contribution < -0.4 is 5.32 Å². The first-order chi connectivity index (χ1) is 6.49. The van der Waals surface area contributed by atoms with E-state index in [-0.39, 0.29) is 0 Å². The molecule has 1 saturated heterocycles. The van der Waals surface area contributed by atoms with E-state index >= 15 is 0 Å². The quantitative estimate of drug-likeness (QED) is 0.720. The normalized spacial score (nSPS) is 24.6. The molecule has 0 aromatic heterocycles. The molecule has 1 aliphatic rings. The van der Waals surface area contributed by atoms with E-state index in [0.717, 1.165) is 0 Å². The third-order valence-electron chi connectivity index (χ3n) is 2.38. The number of rotatable bonds is 4. The van der Waals surface area contributed by atoms with Crippen LogP contribution in [0.2, 0.25) is 0 Å². The lowest BCUT2D eigenvalue weighted by atomic mass is 10.1. The molecule has 14 heavy (non-hydrogen) atoms. The molecule has 0 aromatic rings. The molecule has 1 aliphatic heterocycles. The van der Waals surface area contributed by atoms with Crippen LogP contribution in [0.25, 0.3) is 0 Å². The van der Waals surface area contributed by atoms with Crippen LogP contribution in [0, 0.1) is 0 Å². The fourth-order valence-corrected chi connectivity index (χ4v) is 3.40. The molecule has 0 aliphatic carbocycles. The Labute approximate surface area is 87.8 Å². The molecule has 84 valence electrons. The minimum absolute atomic E-state index is 0.292. The topological polar surface area (TPSA) is 63.2 Å². The van der Waals surface area contributed by atoms with Crippen LogP contribution >= 0.6 is 0 Å². The standard InChI is InChI=1S/C8H17NO3S2/c1-13(10)5-4-9-8-2-6-14(11,12)7-3-8/h8-9H,2-7H2,1H3. The van der Waals surface area contributed by atoms with Crippen molar-refractivity contribution in [1.82, 2.24) is 5.32 Å². The average molecular weight is 239 g/mol. The first-order valence-electron chi connectivity index (χ1n) is 4.73. The summed E-state index contributed by atoms with van der Waals surface area (Å²) in [6.07, 6.45) is 3.06. The summed E-state index contributed by atoms with van der Waals surface area (Å²) in [6, 6.07) is 0.294. The molecular weight excluding hydrogens is 222 g/mol. The highest BCUT2D eigenvalue weighted by atomic mass is 32.2. The minimum Gasteiger partial charge on any atom is -0.313 e. The van der Waals surface area contributed by atoms with E-state index in [4.69, 9.17) is 0 Å². The molecule has 1 unspecified atom stereocenters. The third kappa shape index (κ3) is 4.52. The number of nitrogens with one attached hydrogen (secondary N) is 1. The van der Waals surface area contributed by atoms with E-state index in [2.05, 4.69) is 5.32 Å². The molecule has 0 amide bonds. The predicted octanol–water partition coefficient (Wildman–Crippen LogP) is -0.468. The third-order valence-corrected chi connectivity index (χ3v) is 4.87. The van der Waals surface area contributed by atoms with Gasteiger partial charge in [-0.3, -0.25) is 4.21 Å². The van der Waals surface area contributed by atoms with Crippen molar-refractivity contribution in [3.05, 3.63) is 0 Å². The molecule has 1 atom stereocenters. The molecule has 0 saturated carbocycles. The van der Waals surface area contributed by atoms with E-state index in [1.807, 2.05) is 0 Å². The monoisotopic (exact) mass is 239 g/mol. The zero-order valence-corrected chi connectivity index (χ0v) is 9.99. The summed E-state index contributed by atoms with van der Waals surface area (Å²) < 4.78 is 33.0. The van der Waals surface area contributed by atoms with Crippen LogP contribution in [0.3, 0.4) is 0 Å². The Bertz CT molecular complexity index is 286. The summed E-state index contributed by atoms with van der Waals surface area (Å²) in [4.78, 5) is 0. The largest absolute Gasteiger partial charge is 0.313 e. The summed E-state index contributed by atoms with van der Waals surface area (Å²) >= 11 is 0. The smallest absolute Gasteiger partial charge is 0.150 e. The molecule has 0 spiro atoms. The van der Waals surface area contributed by atoms with Gasteiger partial charge in [-0.1, -0.05) is 0 Å². The fourth-order valence-electron chi connectivity index (χ4n) is 1.50. The molecule has 1 fully saturated rings. The zero-order valence-electron chi connectivity index (χ0n) is 8.36. The highest BCUT2D eigenvalue weighted by molar-refractivity contribution is 7.91. The van der Waals surface area contributed by atoms with Gasteiger partial charge in [0, 0.05) is 35.4 Å². The summed E-state index contributed by atoms with van der Waals surface area (Å²) in [6.45, 7) is 0.716. The van der Waals surface area contributed by atoms with Crippen molar-refractivity contribution in [2.45, 2.75) is 18.9 Å². The van der Waals surface area contributed by atoms with Gasteiger partial charge in [0.05, 0.1) is 11.5 Å². The molecular formula is C8H17NO3S2. The molecule has 6 heteroatoms. The fraction of sp³-hybridized carbons (Fsp3) is 1.00. The van der Waals surface area contributed by atoms with Crippen molar-refractivity contribution < 1.29 is 12.6 Å². The molecule has 4 nitrogen and oxygen atoms in total. The Morgan fingerprint density at radius 3 is 2.43 bits per heavy atom.